The van der Waals surface area contributed by atoms with Crippen molar-refractivity contribution in [1.82, 2.24) is 5.32 Å². The zero-order chi connectivity index (χ0) is 17.0. The van der Waals surface area contributed by atoms with Crippen LogP contribution in [-0.2, 0) is 0 Å². The van der Waals surface area contributed by atoms with Gasteiger partial charge in [-0.3, -0.25) is 0 Å². The van der Waals surface area contributed by atoms with Crippen molar-refractivity contribution in [1.29, 1.82) is 0 Å². The summed E-state index contributed by atoms with van der Waals surface area (Å²) in [6.07, 6.45) is -0.886. The predicted octanol–water partition coefficient (Wildman–Crippen LogP) is 3.60. The van der Waals surface area contributed by atoms with Crippen molar-refractivity contribution in [2.45, 2.75) is 26.0 Å². The molecule has 0 aliphatic heterocycles. The largest absolute Gasteiger partial charge is 0.508 e. The molecule has 2 atom stereocenters. The molecular formula is C17H19ClN2O3. The van der Waals surface area contributed by atoms with E-state index in [0.29, 0.717) is 16.3 Å². The van der Waals surface area contributed by atoms with Gasteiger partial charge in [0.2, 0.25) is 0 Å². The molecule has 2 rings (SSSR count). The van der Waals surface area contributed by atoms with Gasteiger partial charge >= 0.3 is 6.03 Å². The van der Waals surface area contributed by atoms with E-state index in [0.717, 1.165) is 5.56 Å². The molecule has 2 aromatic carbocycles. The number of aliphatic hydroxyl groups is 1. The third-order valence-corrected chi connectivity index (χ3v) is 3.90. The number of nitrogens with one attached hydrogen (secondary N) is 2. The Labute approximate surface area is 139 Å². The number of urea groups is 1. The van der Waals surface area contributed by atoms with E-state index < -0.39 is 18.2 Å². The van der Waals surface area contributed by atoms with E-state index in [4.69, 9.17) is 11.6 Å². The number of amides is 2. The summed E-state index contributed by atoms with van der Waals surface area (Å²) in [6, 6.07) is 10.5. The summed E-state index contributed by atoms with van der Waals surface area (Å²) >= 11 is 6.01. The lowest BCUT2D eigenvalue weighted by Crippen LogP contribution is -2.39. The van der Waals surface area contributed by atoms with E-state index in [9.17, 15) is 15.0 Å². The van der Waals surface area contributed by atoms with E-state index in [-0.39, 0.29) is 5.75 Å². The maximum atomic E-state index is 12.0. The fourth-order valence-electron chi connectivity index (χ4n) is 2.08. The molecule has 0 saturated heterocycles. The summed E-state index contributed by atoms with van der Waals surface area (Å²) in [5.41, 5.74) is 2.10. The fourth-order valence-corrected chi connectivity index (χ4v) is 2.26. The summed E-state index contributed by atoms with van der Waals surface area (Å²) in [5, 5.41) is 25.4. The van der Waals surface area contributed by atoms with Crippen molar-refractivity contribution in [3.05, 3.63) is 58.6 Å². The molecule has 0 bridgehead atoms. The van der Waals surface area contributed by atoms with Gasteiger partial charge in [0.15, 0.2) is 0 Å². The minimum absolute atomic E-state index is 0.121. The minimum atomic E-state index is -0.886. The first kappa shape index (κ1) is 17.1. The highest BCUT2D eigenvalue weighted by molar-refractivity contribution is 6.31. The van der Waals surface area contributed by atoms with Crippen LogP contribution in [0.1, 0.15) is 24.2 Å². The number of aliphatic hydroxyl groups excluding tert-OH is 1. The second-order valence-electron chi connectivity index (χ2n) is 5.39. The summed E-state index contributed by atoms with van der Waals surface area (Å²) in [6.45, 7) is 3.57. The Morgan fingerprint density at radius 3 is 2.43 bits per heavy atom. The molecule has 0 spiro atoms. The lowest BCUT2D eigenvalue weighted by molar-refractivity contribution is 0.139. The summed E-state index contributed by atoms with van der Waals surface area (Å²) < 4.78 is 0. The number of aromatic hydroxyl groups is 1. The lowest BCUT2D eigenvalue weighted by Gasteiger charge is -2.21. The molecule has 0 aliphatic carbocycles. The van der Waals surface area contributed by atoms with Gasteiger partial charge in [-0.05, 0) is 49.2 Å². The van der Waals surface area contributed by atoms with E-state index in [1.165, 1.54) is 12.1 Å². The third kappa shape index (κ3) is 4.61. The highest BCUT2D eigenvalue weighted by Crippen LogP contribution is 2.21. The van der Waals surface area contributed by atoms with Gasteiger partial charge in [-0.15, -0.1) is 0 Å². The van der Waals surface area contributed by atoms with Crippen molar-refractivity contribution in [2.75, 3.05) is 5.32 Å². The molecule has 2 amide bonds. The second kappa shape index (κ2) is 7.35. The quantitative estimate of drug-likeness (QED) is 0.689. The Morgan fingerprint density at radius 2 is 1.83 bits per heavy atom. The molecule has 0 fully saturated rings. The topological polar surface area (TPSA) is 81.6 Å². The highest BCUT2D eigenvalue weighted by atomic mass is 35.5. The van der Waals surface area contributed by atoms with Crippen molar-refractivity contribution in [3.63, 3.8) is 0 Å². The van der Waals surface area contributed by atoms with Gasteiger partial charge in [0.1, 0.15) is 5.75 Å². The minimum Gasteiger partial charge on any atom is -0.508 e. The molecule has 122 valence electrons. The Balaban J connectivity index is 1.95. The number of phenolic OH excluding ortho intramolecular Hbond substituents is 1. The lowest BCUT2D eigenvalue weighted by atomic mass is 10.0. The van der Waals surface area contributed by atoms with Gasteiger partial charge in [0.25, 0.3) is 0 Å². The SMILES string of the molecule is Cc1ccc(NC(=O)N[C@@H](C)[C@H](O)c2ccc(O)cc2)cc1Cl. The van der Waals surface area contributed by atoms with Crippen molar-refractivity contribution >= 4 is 23.3 Å². The molecule has 4 N–H and O–H groups in total. The van der Waals surface area contributed by atoms with Crippen molar-refractivity contribution in [3.8, 4) is 5.75 Å². The molecule has 0 aliphatic rings. The van der Waals surface area contributed by atoms with Crippen LogP contribution >= 0.6 is 11.6 Å². The normalized spacial score (nSPS) is 13.2. The Morgan fingerprint density at radius 1 is 1.17 bits per heavy atom. The number of anilines is 1. The number of aryl methyl sites for hydroxylation is 1. The number of hydrogen-bond donors (Lipinski definition) is 4. The smallest absolute Gasteiger partial charge is 0.319 e. The van der Waals surface area contributed by atoms with Gasteiger partial charge in [-0.25, -0.2) is 4.79 Å². The average molecular weight is 335 g/mol. The number of halogens is 1. The number of phenols is 1. The van der Waals surface area contributed by atoms with Crippen LogP contribution in [0.15, 0.2) is 42.5 Å². The van der Waals surface area contributed by atoms with Gasteiger partial charge in [-0.2, -0.15) is 0 Å². The predicted molar refractivity (Wildman–Crippen MR) is 90.9 cm³/mol. The van der Waals surface area contributed by atoms with Gasteiger partial charge < -0.3 is 20.8 Å². The third-order valence-electron chi connectivity index (χ3n) is 3.50. The van der Waals surface area contributed by atoms with Gasteiger partial charge in [0.05, 0.1) is 12.1 Å². The van der Waals surface area contributed by atoms with Crippen LogP contribution in [0, 0.1) is 6.92 Å². The number of carbonyl (C=O) groups excluding carboxylic acids is 1. The summed E-state index contributed by atoms with van der Waals surface area (Å²) in [5.74, 6) is 0.121. The highest BCUT2D eigenvalue weighted by Gasteiger charge is 2.18. The number of benzene rings is 2. The molecule has 0 heterocycles. The first-order chi connectivity index (χ1) is 10.9. The molecular weight excluding hydrogens is 316 g/mol. The van der Waals surface area contributed by atoms with E-state index in [1.807, 2.05) is 13.0 Å². The number of carbonyl (C=O) groups is 1. The molecule has 0 unspecified atom stereocenters. The summed E-state index contributed by atoms with van der Waals surface area (Å²) in [4.78, 5) is 12.0. The van der Waals surface area contributed by atoms with Gasteiger partial charge in [-0.1, -0.05) is 29.8 Å². The monoisotopic (exact) mass is 334 g/mol. The van der Waals surface area contributed by atoms with Crippen molar-refractivity contribution in [2.24, 2.45) is 0 Å². The molecule has 0 aromatic heterocycles. The Kier molecular flexibility index (Phi) is 5.47. The van der Waals surface area contributed by atoms with Crippen LogP contribution in [0.4, 0.5) is 10.5 Å². The molecule has 6 heteroatoms. The first-order valence-electron chi connectivity index (χ1n) is 7.17. The zero-order valence-corrected chi connectivity index (χ0v) is 13.6. The zero-order valence-electron chi connectivity index (χ0n) is 12.9. The average Bonchev–Trinajstić information content (AvgIpc) is 2.51. The van der Waals surface area contributed by atoms with E-state index >= 15 is 0 Å². The maximum Gasteiger partial charge on any atom is 0.319 e. The molecule has 2 aromatic rings. The fraction of sp³-hybridized carbons (Fsp3) is 0.235. The number of hydrogen-bond acceptors (Lipinski definition) is 3. The van der Waals surface area contributed by atoms with Crippen LogP contribution in [0.25, 0.3) is 0 Å². The van der Waals surface area contributed by atoms with Crippen molar-refractivity contribution < 1.29 is 15.0 Å². The molecule has 23 heavy (non-hydrogen) atoms. The molecule has 5 nitrogen and oxygen atoms in total. The van der Waals surface area contributed by atoms with Crippen LogP contribution in [0.5, 0.6) is 5.75 Å². The van der Waals surface area contributed by atoms with Crippen LogP contribution < -0.4 is 10.6 Å². The van der Waals surface area contributed by atoms with E-state index in [1.54, 1.807) is 31.2 Å². The standard InChI is InChI=1S/C17H19ClN2O3/c1-10-3-6-13(9-15(10)18)20-17(23)19-11(2)16(22)12-4-7-14(21)8-5-12/h3-9,11,16,21-22H,1-2H3,(H2,19,20,23)/t11-,16-/m0/s1. The van der Waals surface area contributed by atoms with Crippen LogP contribution in [0.3, 0.4) is 0 Å². The van der Waals surface area contributed by atoms with Crippen LogP contribution in [-0.4, -0.2) is 22.3 Å². The molecule has 0 radical (unpaired) electrons. The second-order valence-corrected chi connectivity index (χ2v) is 5.79. The number of rotatable bonds is 4. The first-order valence-corrected chi connectivity index (χ1v) is 7.55. The Hall–Kier alpha value is -2.24. The summed E-state index contributed by atoms with van der Waals surface area (Å²) in [7, 11) is 0. The Bertz CT molecular complexity index is 689. The van der Waals surface area contributed by atoms with Crippen LogP contribution in [0.2, 0.25) is 5.02 Å². The molecule has 0 saturated carbocycles. The van der Waals surface area contributed by atoms with E-state index in [2.05, 4.69) is 10.6 Å². The maximum absolute atomic E-state index is 12.0. The van der Waals surface area contributed by atoms with Gasteiger partial charge in [0, 0.05) is 10.7 Å².